The van der Waals surface area contributed by atoms with Crippen molar-refractivity contribution in [3.8, 4) is 0 Å². The highest BCUT2D eigenvalue weighted by Crippen LogP contribution is 2.30. The standard InChI is InChI=1S/C23H32N4O3S/c1-5-13-24-31(30)21-11-12-22(23(16-21)27(28)29)25-20-10-6-9-19(15-20)17-26(4)14-7-8-18(2)3/h5-6,9-12,15-16,18,24-25H,1,7-8,13-14,17H2,2-4H3. The number of nitro benzene ring substituents is 1. The van der Waals surface area contributed by atoms with Gasteiger partial charge in [0.2, 0.25) is 0 Å². The molecule has 0 spiro atoms. The normalized spacial score (nSPS) is 12.2. The lowest BCUT2D eigenvalue weighted by Crippen LogP contribution is -2.19. The highest BCUT2D eigenvalue weighted by molar-refractivity contribution is 7.83. The van der Waals surface area contributed by atoms with Gasteiger partial charge in [0.15, 0.2) is 0 Å². The molecule has 31 heavy (non-hydrogen) atoms. The van der Waals surface area contributed by atoms with Crippen molar-refractivity contribution in [1.29, 1.82) is 0 Å². The Labute approximate surface area is 187 Å². The second-order valence-corrected chi connectivity index (χ2v) is 9.24. The van der Waals surface area contributed by atoms with Crippen LogP contribution in [0.3, 0.4) is 0 Å². The maximum absolute atomic E-state index is 12.2. The maximum Gasteiger partial charge on any atom is 0.293 e. The number of anilines is 2. The molecule has 2 N–H and O–H groups in total. The molecule has 0 amide bonds. The third kappa shape index (κ3) is 8.24. The van der Waals surface area contributed by atoms with Crippen LogP contribution in [-0.4, -0.2) is 34.2 Å². The molecular formula is C23H32N4O3S. The van der Waals surface area contributed by atoms with E-state index >= 15 is 0 Å². The van der Waals surface area contributed by atoms with Gasteiger partial charge in [-0.2, -0.15) is 0 Å². The van der Waals surface area contributed by atoms with Gasteiger partial charge in [-0.05, 0) is 62.2 Å². The average Bonchev–Trinajstić information content (AvgIpc) is 2.72. The fourth-order valence-corrected chi connectivity index (χ4v) is 4.01. The number of hydrogen-bond acceptors (Lipinski definition) is 5. The summed E-state index contributed by atoms with van der Waals surface area (Å²) in [4.78, 5) is 13.7. The fourth-order valence-electron chi connectivity index (χ4n) is 3.16. The first-order chi connectivity index (χ1) is 14.8. The lowest BCUT2D eigenvalue weighted by molar-refractivity contribution is -0.384. The number of benzene rings is 2. The smallest absolute Gasteiger partial charge is 0.293 e. The van der Waals surface area contributed by atoms with Crippen molar-refractivity contribution in [3.05, 3.63) is 70.8 Å². The summed E-state index contributed by atoms with van der Waals surface area (Å²) in [5, 5.41) is 14.7. The highest BCUT2D eigenvalue weighted by Gasteiger charge is 2.17. The Kier molecular flexibility index (Phi) is 9.84. The van der Waals surface area contributed by atoms with Crippen LogP contribution in [0, 0.1) is 16.0 Å². The van der Waals surface area contributed by atoms with Crippen LogP contribution in [0.1, 0.15) is 32.3 Å². The third-order valence-corrected chi connectivity index (χ3v) is 5.83. The van der Waals surface area contributed by atoms with Gasteiger partial charge in [0.1, 0.15) is 16.7 Å². The molecule has 0 bridgehead atoms. The molecule has 0 aliphatic heterocycles. The van der Waals surface area contributed by atoms with Gasteiger partial charge in [-0.3, -0.25) is 10.1 Å². The Morgan fingerprint density at radius 2 is 2.03 bits per heavy atom. The van der Waals surface area contributed by atoms with Gasteiger partial charge >= 0.3 is 0 Å². The predicted octanol–water partition coefficient (Wildman–Crippen LogP) is 5.00. The molecule has 168 valence electrons. The monoisotopic (exact) mass is 444 g/mol. The number of nitrogens with one attached hydrogen (secondary N) is 2. The Morgan fingerprint density at radius 1 is 1.26 bits per heavy atom. The summed E-state index contributed by atoms with van der Waals surface area (Å²) in [5.74, 6) is 0.707. The predicted molar refractivity (Wildman–Crippen MR) is 128 cm³/mol. The van der Waals surface area contributed by atoms with E-state index < -0.39 is 15.9 Å². The number of nitro groups is 1. The van der Waals surface area contributed by atoms with Gasteiger partial charge in [0, 0.05) is 24.8 Å². The summed E-state index contributed by atoms with van der Waals surface area (Å²) >= 11 is 0. The van der Waals surface area contributed by atoms with Gasteiger partial charge < -0.3 is 10.2 Å². The van der Waals surface area contributed by atoms with Crippen molar-refractivity contribution in [2.24, 2.45) is 5.92 Å². The van der Waals surface area contributed by atoms with Crippen LogP contribution < -0.4 is 10.0 Å². The van der Waals surface area contributed by atoms with Crippen molar-refractivity contribution in [3.63, 3.8) is 0 Å². The lowest BCUT2D eigenvalue weighted by atomic mass is 10.1. The largest absolute Gasteiger partial charge is 0.350 e. The molecule has 0 heterocycles. The molecule has 1 unspecified atom stereocenters. The fraction of sp³-hybridized carbons (Fsp3) is 0.391. The van der Waals surface area contributed by atoms with E-state index in [-0.39, 0.29) is 5.69 Å². The summed E-state index contributed by atoms with van der Waals surface area (Å²) in [6, 6.07) is 12.4. The first-order valence-corrected chi connectivity index (χ1v) is 11.5. The second kappa shape index (κ2) is 12.3. The molecule has 0 saturated carbocycles. The van der Waals surface area contributed by atoms with Crippen LogP contribution in [0.25, 0.3) is 0 Å². The quantitative estimate of drug-likeness (QED) is 0.258. The maximum atomic E-state index is 12.2. The number of hydrogen-bond donors (Lipinski definition) is 2. The van der Waals surface area contributed by atoms with E-state index in [1.807, 2.05) is 18.2 Å². The van der Waals surface area contributed by atoms with Crippen molar-refractivity contribution >= 4 is 28.0 Å². The Bertz CT molecular complexity index is 917. The van der Waals surface area contributed by atoms with Crippen molar-refractivity contribution in [1.82, 2.24) is 9.62 Å². The SMILES string of the molecule is C=CCNS(=O)c1ccc(Nc2cccc(CN(C)CCCC(C)C)c2)c([N+](=O)[O-])c1. The van der Waals surface area contributed by atoms with E-state index in [0.717, 1.165) is 30.8 Å². The van der Waals surface area contributed by atoms with Gasteiger partial charge in [-0.1, -0.05) is 32.1 Å². The highest BCUT2D eigenvalue weighted by atomic mass is 32.2. The van der Waals surface area contributed by atoms with Crippen LogP contribution in [-0.2, 0) is 17.5 Å². The summed E-state index contributed by atoms with van der Waals surface area (Å²) in [6.45, 7) is 10.2. The molecule has 2 rings (SSSR count). The molecule has 0 fully saturated rings. The number of rotatable bonds is 13. The van der Waals surface area contributed by atoms with E-state index in [1.165, 1.54) is 12.5 Å². The van der Waals surface area contributed by atoms with Crippen molar-refractivity contribution in [2.45, 2.75) is 38.1 Å². The minimum absolute atomic E-state index is 0.123. The van der Waals surface area contributed by atoms with E-state index in [4.69, 9.17) is 0 Å². The summed E-state index contributed by atoms with van der Waals surface area (Å²) in [6.07, 6.45) is 3.95. The summed E-state index contributed by atoms with van der Waals surface area (Å²) in [7, 11) is 0.561. The Morgan fingerprint density at radius 3 is 2.71 bits per heavy atom. The first kappa shape index (κ1) is 24.7. The van der Waals surface area contributed by atoms with Gasteiger partial charge in [-0.25, -0.2) is 8.93 Å². The summed E-state index contributed by atoms with van der Waals surface area (Å²) in [5.41, 5.74) is 2.14. The van der Waals surface area contributed by atoms with Crippen LogP contribution in [0.15, 0.2) is 60.0 Å². The molecule has 0 aromatic heterocycles. The molecule has 1 atom stereocenters. The van der Waals surface area contributed by atoms with E-state index in [2.05, 4.69) is 48.5 Å². The van der Waals surface area contributed by atoms with Crippen molar-refractivity contribution in [2.75, 3.05) is 25.5 Å². The zero-order chi connectivity index (χ0) is 22.8. The number of nitrogens with zero attached hydrogens (tertiary/aromatic N) is 2. The van der Waals surface area contributed by atoms with Crippen LogP contribution in [0.5, 0.6) is 0 Å². The topological polar surface area (TPSA) is 87.5 Å². The molecule has 0 saturated heterocycles. The van der Waals surface area contributed by atoms with E-state index in [9.17, 15) is 14.3 Å². The first-order valence-electron chi connectivity index (χ1n) is 10.4. The minimum atomic E-state index is -1.54. The molecule has 7 nitrogen and oxygen atoms in total. The molecule has 8 heteroatoms. The Hall–Kier alpha value is -2.55. The molecule has 2 aromatic carbocycles. The molecule has 0 radical (unpaired) electrons. The minimum Gasteiger partial charge on any atom is -0.350 e. The van der Waals surface area contributed by atoms with E-state index in [1.54, 1.807) is 18.2 Å². The molecular weight excluding hydrogens is 412 g/mol. The van der Waals surface area contributed by atoms with Gasteiger partial charge in [0.25, 0.3) is 5.69 Å². The summed E-state index contributed by atoms with van der Waals surface area (Å²) < 4.78 is 14.9. The average molecular weight is 445 g/mol. The Balaban J connectivity index is 2.11. The molecule has 2 aromatic rings. The van der Waals surface area contributed by atoms with Crippen LogP contribution >= 0.6 is 0 Å². The van der Waals surface area contributed by atoms with Crippen molar-refractivity contribution < 1.29 is 9.13 Å². The molecule has 0 aliphatic carbocycles. The van der Waals surface area contributed by atoms with E-state index in [0.29, 0.717) is 23.0 Å². The zero-order valence-electron chi connectivity index (χ0n) is 18.5. The van der Waals surface area contributed by atoms with Crippen LogP contribution in [0.2, 0.25) is 0 Å². The zero-order valence-corrected chi connectivity index (χ0v) is 19.3. The lowest BCUT2D eigenvalue weighted by Gasteiger charge is -2.18. The third-order valence-electron chi connectivity index (χ3n) is 4.72. The molecule has 0 aliphatic rings. The van der Waals surface area contributed by atoms with Crippen LogP contribution in [0.4, 0.5) is 17.1 Å². The second-order valence-electron chi connectivity index (χ2n) is 7.94. The van der Waals surface area contributed by atoms with Gasteiger partial charge in [-0.15, -0.1) is 6.58 Å². The van der Waals surface area contributed by atoms with Gasteiger partial charge in [0.05, 0.1) is 9.82 Å².